The molecule has 0 aliphatic carbocycles. The van der Waals surface area contributed by atoms with Crippen LogP contribution in [0.5, 0.6) is 0 Å². The predicted octanol–water partition coefficient (Wildman–Crippen LogP) is 1.15. The molecule has 1 aliphatic heterocycles. The highest BCUT2D eigenvalue weighted by Gasteiger charge is 2.41. The molecule has 2 atom stereocenters. The Morgan fingerprint density at radius 2 is 2.20 bits per heavy atom. The molecule has 1 unspecified atom stereocenters. The Hall–Kier alpha value is -0.800. The summed E-state index contributed by atoms with van der Waals surface area (Å²) in [5, 5.41) is 17.7. The molecule has 0 saturated carbocycles. The van der Waals surface area contributed by atoms with E-state index in [0.717, 1.165) is 0 Å². The standard InChI is InChI=1S/C9H13F3N2O/c10-9(11,12)7(4-13)5-14-3-1-2-8(15)6-14/h7-8,15H,1-3,5-6H2/t7?,8-/m0/s1. The maximum Gasteiger partial charge on any atom is 0.405 e. The molecule has 0 amide bonds. The minimum absolute atomic E-state index is 0.230. The van der Waals surface area contributed by atoms with Crippen molar-refractivity contribution in [2.45, 2.75) is 25.1 Å². The van der Waals surface area contributed by atoms with Crippen molar-refractivity contribution in [3.05, 3.63) is 0 Å². The third kappa shape index (κ3) is 3.68. The van der Waals surface area contributed by atoms with Gasteiger partial charge in [0.1, 0.15) is 0 Å². The lowest BCUT2D eigenvalue weighted by atomic mass is 10.1. The number of nitriles is 1. The van der Waals surface area contributed by atoms with Crippen molar-refractivity contribution < 1.29 is 18.3 Å². The van der Waals surface area contributed by atoms with Crippen molar-refractivity contribution in [2.75, 3.05) is 19.6 Å². The number of rotatable bonds is 2. The minimum atomic E-state index is -4.48. The Balaban J connectivity index is 2.49. The van der Waals surface area contributed by atoms with Gasteiger partial charge in [0.05, 0.1) is 12.2 Å². The van der Waals surface area contributed by atoms with Crippen molar-refractivity contribution in [2.24, 2.45) is 5.92 Å². The number of likely N-dealkylation sites (tertiary alicyclic amines) is 1. The lowest BCUT2D eigenvalue weighted by Crippen LogP contribution is -2.43. The molecule has 0 spiro atoms. The van der Waals surface area contributed by atoms with E-state index in [1.165, 1.54) is 11.0 Å². The summed E-state index contributed by atoms with van der Waals surface area (Å²) in [6.45, 7) is 0.413. The Labute approximate surface area is 86.1 Å². The molecular weight excluding hydrogens is 209 g/mol. The smallest absolute Gasteiger partial charge is 0.392 e. The normalized spacial score (nSPS) is 25.9. The van der Waals surface area contributed by atoms with Crippen LogP contribution >= 0.6 is 0 Å². The number of β-amino-alcohol motifs (C(OH)–C–C–N with tert-alkyl or cyclic N) is 1. The predicted molar refractivity (Wildman–Crippen MR) is 46.8 cm³/mol. The van der Waals surface area contributed by atoms with E-state index in [-0.39, 0.29) is 13.1 Å². The van der Waals surface area contributed by atoms with E-state index in [1.54, 1.807) is 0 Å². The second-order valence-corrected chi connectivity index (χ2v) is 3.78. The topological polar surface area (TPSA) is 47.3 Å². The van der Waals surface area contributed by atoms with Crippen LogP contribution in [0.1, 0.15) is 12.8 Å². The van der Waals surface area contributed by atoms with Crippen LogP contribution in [0.15, 0.2) is 0 Å². The number of nitrogens with zero attached hydrogens (tertiary/aromatic N) is 2. The van der Waals surface area contributed by atoms with Gasteiger partial charge >= 0.3 is 6.18 Å². The second kappa shape index (κ2) is 4.81. The fraction of sp³-hybridized carbons (Fsp3) is 0.889. The first-order valence-corrected chi connectivity index (χ1v) is 4.80. The summed E-state index contributed by atoms with van der Waals surface area (Å²) in [5.41, 5.74) is 0. The molecular formula is C9H13F3N2O. The average Bonchev–Trinajstić information content (AvgIpc) is 2.12. The lowest BCUT2D eigenvalue weighted by Gasteiger charge is -2.31. The van der Waals surface area contributed by atoms with E-state index >= 15 is 0 Å². The fourth-order valence-electron chi connectivity index (χ4n) is 1.67. The van der Waals surface area contributed by atoms with Gasteiger partial charge in [0.2, 0.25) is 0 Å². The Kier molecular flexibility index (Phi) is 3.94. The van der Waals surface area contributed by atoms with Gasteiger partial charge in [-0.25, -0.2) is 0 Å². The van der Waals surface area contributed by atoms with Crippen molar-refractivity contribution in [3.63, 3.8) is 0 Å². The van der Waals surface area contributed by atoms with Crippen LogP contribution in [0, 0.1) is 17.2 Å². The zero-order chi connectivity index (χ0) is 11.5. The van der Waals surface area contributed by atoms with E-state index in [4.69, 9.17) is 5.26 Å². The molecule has 0 aromatic heterocycles. The number of aliphatic hydroxyl groups excluding tert-OH is 1. The molecule has 3 nitrogen and oxygen atoms in total. The molecule has 1 heterocycles. The summed E-state index contributed by atoms with van der Waals surface area (Å²) in [7, 11) is 0. The molecule has 0 bridgehead atoms. The van der Waals surface area contributed by atoms with Crippen molar-refractivity contribution in [1.82, 2.24) is 4.90 Å². The minimum Gasteiger partial charge on any atom is -0.392 e. The van der Waals surface area contributed by atoms with E-state index in [1.807, 2.05) is 0 Å². The zero-order valence-electron chi connectivity index (χ0n) is 8.17. The van der Waals surface area contributed by atoms with Crippen molar-refractivity contribution in [1.29, 1.82) is 5.26 Å². The fourth-order valence-corrected chi connectivity index (χ4v) is 1.67. The van der Waals surface area contributed by atoms with Gasteiger partial charge in [0.25, 0.3) is 0 Å². The Morgan fingerprint density at radius 3 is 2.67 bits per heavy atom. The van der Waals surface area contributed by atoms with E-state index in [2.05, 4.69) is 0 Å². The van der Waals surface area contributed by atoms with E-state index in [0.29, 0.717) is 19.4 Å². The summed E-state index contributed by atoms with van der Waals surface area (Å²) >= 11 is 0. The number of alkyl halides is 3. The zero-order valence-corrected chi connectivity index (χ0v) is 8.17. The van der Waals surface area contributed by atoms with Gasteiger partial charge in [-0.05, 0) is 19.4 Å². The quantitative estimate of drug-likeness (QED) is 0.762. The molecule has 86 valence electrons. The molecule has 15 heavy (non-hydrogen) atoms. The van der Waals surface area contributed by atoms with Crippen LogP contribution in [0.2, 0.25) is 0 Å². The molecule has 1 saturated heterocycles. The number of aliphatic hydroxyl groups is 1. The third-order valence-electron chi connectivity index (χ3n) is 2.47. The van der Waals surface area contributed by atoms with E-state index in [9.17, 15) is 18.3 Å². The summed E-state index contributed by atoms with van der Waals surface area (Å²) in [6.07, 6.45) is -3.74. The van der Waals surface area contributed by atoms with E-state index < -0.39 is 18.2 Å². The van der Waals surface area contributed by atoms with Crippen LogP contribution in [0.3, 0.4) is 0 Å². The van der Waals surface area contributed by atoms with Gasteiger partial charge in [0.15, 0.2) is 5.92 Å². The summed E-state index contributed by atoms with van der Waals surface area (Å²) in [5.74, 6) is -1.96. The van der Waals surface area contributed by atoms with Gasteiger partial charge in [-0.1, -0.05) is 0 Å². The summed E-state index contributed by atoms with van der Waals surface area (Å²) in [6, 6.07) is 1.26. The summed E-state index contributed by atoms with van der Waals surface area (Å²) < 4.78 is 36.8. The maximum absolute atomic E-state index is 12.3. The molecule has 1 N–H and O–H groups in total. The molecule has 0 aromatic carbocycles. The van der Waals surface area contributed by atoms with Crippen LogP contribution in [0.25, 0.3) is 0 Å². The average molecular weight is 222 g/mol. The van der Waals surface area contributed by atoms with Crippen LogP contribution in [-0.4, -0.2) is 41.9 Å². The van der Waals surface area contributed by atoms with Crippen molar-refractivity contribution >= 4 is 0 Å². The third-order valence-corrected chi connectivity index (χ3v) is 2.47. The monoisotopic (exact) mass is 222 g/mol. The Bertz CT molecular complexity index is 249. The van der Waals surface area contributed by atoms with Gasteiger partial charge in [-0.2, -0.15) is 18.4 Å². The van der Waals surface area contributed by atoms with Crippen LogP contribution < -0.4 is 0 Å². The SMILES string of the molecule is N#CC(CN1CCC[C@H](O)C1)C(F)(F)F. The lowest BCUT2D eigenvalue weighted by molar-refractivity contribution is -0.164. The number of piperidine rings is 1. The highest BCUT2D eigenvalue weighted by Crippen LogP contribution is 2.27. The number of hydrogen-bond donors (Lipinski definition) is 1. The second-order valence-electron chi connectivity index (χ2n) is 3.78. The maximum atomic E-state index is 12.3. The molecule has 0 aromatic rings. The van der Waals surface area contributed by atoms with Gasteiger partial charge in [-0.3, -0.25) is 4.90 Å². The first-order chi connectivity index (χ1) is 6.93. The molecule has 1 rings (SSSR count). The molecule has 1 aliphatic rings. The first kappa shape index (κ1) is 12.3. The van der Waals surface area contributed by atoms with Gasteiger partial charge in [-0.15, -0.1) is 0 Å². The van der Waals surface area contributed by atoms with Crippen molar-refractivity contribution in [3.8, 4) is 6.07 Å². The highest BCUT2D eigenvalue weighted by molar-refractivity contribution is 4.91. The molecule has 6 heteroatoms. The highest BCUT2D eigenvalue weighted by atomic mass is 19.4. The van der Waals surface area contributed by atoms with Gasteiger partial charge in [0, 0.05) is 13.1 Å². The number of halogens is 3. The molecule has 0 radical (unpaired) electrons. The number of hydrogen-bond acceptors (Lipinski definition) is 3. The first-order valence-electron chi connectivity index (χ1n) is 4.80. The molecule has 1 fully saturated rings. The summed E-state index contributed by atoms with van der Waals surface area (Å²) in [4.78, 5) is 1.50. The largest absolute Gasteiger partial charge is 0.405 e. The van der Waals surface area contributed by atoms with Crippen LogP contribution in [-0.2, 0) is 0 Å². The van der Waals surface area contributed by atoms with Gasteiger partial charge < -0.3 is 5.11 Å². The van der Waals surface area contributed by atoms with Crippen LogP contribution in [0.4, 0.5) is 13.2 Å². The Morgan fingerprint density at radius 1 is 1.53 bits per heavy atom.